The number of amides is 2. The van der Waals surface area contributed by atoms with Crippen molar-refractivity contribution < 1.29 is 73.9 Å². The average molecular weight is 1070 g/mol. The standard InChI is InChI=1S/C56H68F6N4O10/c1-33-17-13-14-18-36(33)39-30-66(50(70)76-52(6,7)8)42(28-44(39)74-48(68)54(11,12)32-72-46-41(56(60,61)62)20-16-25-64-46)35-21-22-37(34(2)27-35)38-29-65(49(69)75-51(3,4)5)26-23-43(38)73-47(67)53(9,10)31-71-45-40(55(57,58)59)19-15-24-63-45/h13-22,24-25,27,38-39,42-44H,23,26,28-32H2,1-12H3/t38-,39+,42?,43+,44-/m0/s1. The van der Waals surface area contributed by atoms with E-state index in [-0.39, 0.29) is 32.5 Å². The Kier molecular flexibility index (Phi) is 17.4. The number of carbonyl (C=O) groups excluding carboxylic acids is 4. The number of ether oxygens (including phenoxy) is 6. The van der Waals surface area contributed by atoms with Crippen molar-refractivity contribution in [2.24, 2.45) is 10.8 Å². The van der Waals surface area contributed by atoms with Crippen LogP contribution in [-0.2, 0) is 40.9 Å². The molecule has 414 valence electrons. The molecule has 2 saturated heterocycles. The molecule has 14 nitrogen and oxygen atoms in total. The molecule has 2 aromatic carbocycles. The van der Waals surface area contributed by atoms with Crippen molar-refractivity contribution >= 4 is 24.1 Å². The van der Waals surface area contributed by atoms with E-state index in [1.54, 1.807) is 52.5 Å². The number of benzene rings is 2. The highest BCUT2D eigenvalue weighted by molar-refractivity contribution is 5.77. The van der Waals surface area contributed by atoms with Crippen molar-refractivity contribution in [3.63, 3.8) is 0 Å². The number of rotatable bonds is 13. The van der Waals surface area contributed by atoms with Crippen LogP contribution in [0.1, 0.15) is 139 Å². The van der Waals surface area contributed by atoms with Gasteiger partial charge in [0.25, 0.3) is 0 Å². The van der Waals surface area contributed by atoms with E-state index in [0.717, 1.165) is 47.8 Å². The number of aryl methyl sites for hydroxylation is 2. The van der Waals surface area contributed by atoms with Gasteiger partial charge in [-0.05, 0) is 135 Å². The second-order valence-electron chi connectivity index (χ2n) is 22.7. The minimum atomic E-state index is -4.76. The largest absolute Gasteiger partial charge is 0.476 e. The lowest BCUT2D eigenvalue weighted by Crippen LogP contribution is -2.50. The molecule has 6 rings (SSSR count). The summed E-state index contributed by atoms with van der Waals surface area (Å²) in [5.74, 6) is -4.15. The van der Waals surface area contributed by atoms with Gasteiger partial charge in [-0.3, -0.25) is 9.59 Å². The van der Waals surface area contributed by atoms with Gasteiger partial charge in [0.1, 0.15) is 47.8 Å². The number of halogens is 6. The highest BCUT2D eigenvalue weighted by Crippen LogP contribution is 2.44. The van der Waals surface area contributed by atoms with E-state index in [4.69, 9.17) is 28.4 Å². The molecule has 0 N–H and O–H groups in total. The molecule has 4 heterocycles. The monoisotopic (exact) mass is 1070 g/mol. The van der Waals surface area contributed by atoms with Crippen LogP contribution in [0.15, 0.2) is 79.1 Å². The Labute approximate surface area is 439 Å². The summed E-state index contributed by atoms with van der Waals surface area (Å²) >= 11 is 0. The van der Waals surface area contributed by atoms with E-state index in [1.807, 2.05) is 50.2 Å². The topological polar surface area (TPSA) is 156 Å². The van der Waals surface area contributed by atoms with Crippen LogP contribution in [0.3, 0.4) is 0 Å². The molecule has 2 fully saturated rings. The van der Waals surface area contributed by atoms with Gasteiger partial charge in [-0.2, -0.15) is 26.3 Å². The Morgan fingerprint density at radius 1 is 0.592 bits per heavy atom. The van der Waals surface area contributed by atoms with Gasteiger partial charge in [0.2, 0.25) is 11.8 Å². The number of esters is 2. The van der Waals surface area contributed by atoms with Gasteiger partial charge in [0.15, 0.2) is 0 Å². The van der Waals surface area contributed by atoms with Gasteiger partial charge in [0, 0.05) is 56.7 Å². The normalized spacial score (nSPS) is 19.8. The number of nitrogens with zero attached hydrogens (tertiary/aromatic N) is 4. The number of pyridine rings is 2. The first kappa shape index (κ1) is 58.7. The summed E-state index contributed by atoms with van der Waals surface area (Å²) in [6.45, 7) is 19.3. The molecule has 0 saturated carbocycles. The van der Waals surface area contributed by atoms with E-state index in [1.165, 1.54) is 32.6 Å². The molecule has 20 heteroatoms. The lowest BCUT2D eigenvalue weighted by molar-refractivity contribution is -0.166. The van der Waals surface area contributed by atoms with Gasteiger partial charge >= 0.3 is 36.5 Å². The van der Waals surface area contributed by atoms with Crippen molar-refractivity contribution in [2.75, 3.05) is 32.8 Å². The maximum atomic E-state index is 14.4. The van der Waals surface area contributed by atoms with Gasteiger partial charge in [-0.1, -0.05) is 42.5 Å². The third-order valence-corrected chi connectivity index (χ3v) is 13.1. The smallest absolute Gasteiger partial charge is 0.421 e. The highest BCUT2D eigenvalue weighted by Gasteiger charge is 2.47. The van der Waals surface area contributed by atoms with E-state index in [0.29, 0.717) is 16.7 Å². The maximum absolute atomic E-state index is 14.4. The van der Waals surface area contributed by atoms with Crippen LogP contribution in [0, 0.1) is 24.7 Å². The number of aromatic nitrogens is 2. The average Bonchev–Trinajstić information content (AvgIpc) is 3.31. The molecular weight excluding hydrogens is 1000 g/mol. The third kappa shape index (κ3) is 14.7. The zero-order valence-corrected chi connectivity index (χ0v) is 45.0. The number of piperidine rings is 2. The highest BCUT2D eigenvalue weighted by atomic mass is 19.4. The Morgan fingerprint density at radius 3 is 1.58 bits per heavy atom. The molecule has 76 heavy (non-hydrogen) atoms. The first-order chi connectivity index (χ1) is 35.1. The third-order valence-electron chi connectivity index (χ3n) is 13.1. The molecule has 0 spiro atoms. The lowest BCUT2D eigenvalue weighted by Gasteiger charge is -2.45. The van der Waals surface area contributed by atoms with E-state index in [9.17, 15) is 45.5 Å². The van der Waals surface area contributed by atoms with Crippen LogP contribution < -0.4 is 9.47 Å². The molecule has 0 bridgehead atoms. The first-order valence-corrected chi connectivity index (χ1v) is 25.0. The van der Waals surface area contributed by atoms with E-state index >= 15 is 0 Å². The van der Waals surface area contributed by atoms with Crippen LogP contribution in [0.2, 0.25) is 0 Å². The minimum Gasteiger partial charge on any atom is -0.476 e. The minimum absolute atomic E-state index is 0.0197. The van der Waals surface area contributed by atoms with Crippen LogP contribution in [-0.4, -0.2) is 100 Å². The second kappa shape index (κ2) is 22.5. The Hall–Kier alpha value is -6.60. The molecule has 2 aliphatic rings. The Bertz CT molecular complexity index is 2730. The van der Waals surface area contributed by atoms with Crippen molar-refractivity contribution in [3.8, 4) is 11.8 Å². The zero-order valence-electron chi connectivity index (χ0n) is 45.0. The molecule has 0 radical (unpaired) electrons. The predicted molar refractivity (Wildman–Crippen MR) is 267 cm³/mol. The number of hydrogen-bond donors (Lipinski definition) is 0. The molecule has 0 aliphatic carbocycles. The van der Waals surface area contributed by atoms with Crippen molar-refractivity contribution in [3.05, 3.63) is 118 Å². The van der Waals surface area contributed by atoms with Gasteiger partial charge in [-0.15, -0.1) is 0 Å². The summed E-state index contributed by atoms with van der Waals surface area (Å²) in [7, 11) is 0. The fourth-order valence-corrected chi connectivity index (χ4v) is 9.08. The lowest BCUT2D eigenvalue weighted by atomic mass is 9.79. The van der Waals surface area contributed by atoms with Gasteiger partial charge in [-0.25, -0.2) is 19.6 Å². The Morgan fingerprint density at radius 2 is 1.08 bits per heavy atom. The predicted octanol–water partition coefficient (Wildman–Crippen LogP) is 12.4. The summed E-state index contributed by atoms with van der Waals surface area (Å²) < 4.78 is 118. The number of likely N-dealkylation sites (tertiary alicyclic amines) is 2. The maximum Gasteiger partial charge on any atom is 0.421 e. The summed E-state index contributed by atoms with van der Waals surface area (Å²) in [5.41, 5.74) is -3.27. The van der Waals surface area contributed by atoms with Crippen molar-refractivity contribution in [1.82, 2.24) is 19.8 Å². The quantitative estimate of drug-likeness (QED) is 0.0710. The van der Waals surface area contributed by atoms with Gasteiger partial charge in [0.05, 0.1) is 16.9 Å². The first-order valence-electron chi connectivity index (χ1n) is 25.0. The summed E-state index contributed by atoms with van der Waals surface area (Å²) in [5, 5.41) is 0. The molecule has 2 aliphatic heterocycles. The SMILES string of the molecule is Cc1ccccc1[C@H]1CN(C(=O)OC(C)(C)C)C(c2ccc([C@@H]3CN(C(=O)OC(C)(C)C)CC[C@H]3OC(=O)C(C)(C)COc3ncccc3C(F)(F)F)c(C)c2)C[C@@H]1OC(=O)C(C)(C)COc1ncccc1C(F)(F)F. The summed E-state index contributed by atoms with van der Waals surface area (Å²) in [4.78, 5) is 67.0. The second-order valence-corrected chi connectivity index (χ2v) is 22.7. The van der Waals surface area contributed by atoms with Crippen LogP contribution in [0.25, 0.3) is 0 Å². The number of alkyl halides is 6. The molecule has 1 unspecified atom stereocenters. The fourth-order valence-electron chi connectivity index (χ4n) is 9.08. The zero-order chi connectivity index (χ0) is 56.3. The summed E-state index contributed by atoms with van der Waals surface area (Å²) in [6, 6.07) is 16.1. The molecular formula is C56H68F6N4O10. The number of hydrogen-bond acceptors (Lipinski definition) is 12. The summed E-state index contributed by atoms with van der Waals surface area (Å²) in [6.07, 6.45) is -9.95. The molecule has 2 aromatic heterocycles. The Balaban J connectivity index is 1.34. The molecule has 4 aromatic rings. The van der Waals surface area contributed by atoms with Gasteiger partial charge < -0.3 is 38.2 Å². The fraction of sp³-hybridized carbons (Fsp3) is 0.536. The van der Waals surface area contributed by atoms with E-state index < -0.39 is 125 Å². The molecule has 5 atom stereocenters. The van der Waals surface area contributed by atoms with Crippen molar-refractivity contribution in [1.29, 1.82) is 0 Å². The van der Waals surface area contributed by atoms with Crippen LogP contribution in [0.5, 0.6) is 11.8 Å². The van der Waals surface area contributed by atoms with Crippen molar-refractivity contribution in [2.45, 2.75) is 150 Å². The van der Waals surface area contributed by atoms with Crippen LogP contribution in [0.4, 0.5) is 35.9 Å². The number of carbonyl (C=O) groups is 4. The molecule has 2 amide bonds. The van der Waals surface area contributed by atoms with Crippen LogP contribution >= 0.6 is 0 Å². The van der Waals surface area contributed by atoms with E-state index in [2.05, 4.69) is 9.97 Å².